The molecule has 1 aromatic heterocycles. The van der Waals surface area contributed by atoms with Crippen LogP contribution in [0.2, 0.25) is 0 Å². The number of aromatic nitrogens is 3. The molecule has 18 heavy (non-hydrogen) atoms. The van der Waals surface area contributed by atoms with Crippen LogP contribution in [0.4, 0.5) is 8.78 Å². The predicted molar refractivity (Wildman–Crippen MR) is 60.4 cm³/mol. The molecule has 0 atom stereocenters. The van der Waals surface area contributed by atoms with E-state index in [4.69, 9.17) is 0 Å². The van der Waals surface area contributed by atoms with Crippen molar-refractivity contribution in [3.63, 3.8) is 0 Å². The van der Waals surface area contributed by atoms with Gasteiger partial charge in [0.2, 0.25) is 0 Å². The minimum Gasteiger partial charge on any atom is -0.434 e. The number of benzene rings is 1. The highest BCUT2D eigenvalue weighted by atomic mass is 19.3. The number of hydrogen-bond acceptors (Lipinski definition) is 3. The third kappa shape index (κ3) is 2.18. The second-order valence-electron chi connectivity index (χ2n) is 4.19. The van der Waals surface area contributed by atoms with Gasteiger partial charge in [-0.15, -0.1) is 0 Å². The van der Waals surface area contributed by atoms with Gasteiger partial charge in [-0.2, -0.15) is 13.9 Å². The standard InChI is InChI=1S/C12H11F2N3O/c13-12(14)18-9-4-2-1-3-8(9)11-15-10(16-17-11)7-5-6-7/h1-4,7,12H,5-6H2,(H,15,16,17). The summed E-state index contributed by atoms with van der Waals surface area (Å²) in [6.45, 7) is -2.85. The highest BCUT2D eigenvalue weighted by Crippen LogP contribution is 2.39. The van der Waals surface area contributed by atoms with Crippen LogP contribution in [0, 0.1) is 0 Å². The molecule has 1 N–H and O–H groups in total. The van der Waals surface area contributed by atoms with Crippen LogP contribution in [0.3, 0.4) is 0 Å². The smallest absolute Gasteiger partial charge is 0.387 e. The molecular weight excluding hydrogens is 240 g/mol. The Hall–Kier alpha value is -1.98. The van der Waals surface area contributed by atoms with Crippen molar-refractivity contribution in [3.05, 3.63) is 30.1 Å². The van der Waals surface area contributed by atoms with E-state index in [0.29, 0.717) is 17.3 Å². The summed E-state index contributed by atoms with van der Waals surface area (Å²) in [4.78, 5) is 4.32. The van der Waals surface area contributed by atoms with Crippen molar-refractivity contribution >= 4 is 0 Å². The summed E-state index contributed by atoms with van der Waals surface area (Å²) in [6, 6.07) is 6.52. The summed E-state index contributed by atoms with van der Waals surface area (Å²) in [5, 5.41) is 6.90. The first kappa shape index (κ1) is 11.1. The molecule has 0 saturated heterocycles. The number of rotatable bonds is 4. The number of ether oxygens (including phenoxy) is 1. The van der Waals surface area contributed by atoms with Crippen molar-refractivity contribution in [2.24, 2.45) is 0 Å². The Kier molecular flexibility index (Phi) is 2.70. The average Bonchev–Trinajstić information content (AvgIpc) is 3.08. The fourth-order valence-corrected chi connectivity index (χ4v) is 1.78. The molecule has 1 heterocycles. The molecule has 0 bridgehead atoms. The maximum Gasteiger partial charge on any atom is 0.387 e. The first-order chi connectivity index (χ1) is 8.74. The lowest BCUT2D eigenvalue weighted by Gasteiger charge is -2.07. The van der Waals surface area contributed by atoms with Crippen LogP contribution in [-0.4, -0.2) is 21.8 Å². The van der Waals surface area contributed by atoms with Gasteiger partial charge in [-0.1, -0.05) is 12.1 Å². The lowest BCUT2D eigenvalue weighted by Crippen LogP contribution is -2.03. The molecule has 94 valence electrons. The topological polar surface area (TPSA) is 50.8 Å². The van der Waals surface area contributed by atoms with Gasteiger partial charge >= 0.3 is 6.61 Å². The Bertz CT molecular complexity index is 552. The van der Waals surface area contributed by atoms with E-state index in [-0.39, 0.29) is 5.75 Å². The molecule has 1 fully saturated rings. The van der Waals surface area contributed by atoms with Crippen molar-refractivity contribution < 1.29 is 13.5 Å². The maximum atomic E-state index is 12.3. The van der Waals surface area contributed by atoms with Crippen molar-refractivity contribution in [1.82, 2.24) is 15.2 Å². The predicted octanol–water partition coefficient (Wildman–Crippen LogP) is 2.95. The van der Waals surface area contributed by atoms with Crippen molar-refractivity contribution in [3.8, 4) is 17.1 Å². The van der Waals surface area contributed by atoms with Crippen molar-refractivity contribution in [1.29, 1.82) is 0 Å². The third-order valence-electron chi connectivity index (χ3n) is 2.81. The Labute approximate surface area is 102 Å². The van der Waals surface area contributed by atoms with E-state index in [0.717, 1.165) is 18.7 Å². The van der Waals surface area contributed by atoms with E-state index in [2.05, 4.69) is 19.9 Å². The van der Waals surface area contributed by atoms with Gasteiger partial charge in [0.15, 0.2) is 5.82 Å². The van der Waals surface area contributed by atoms with Crippen LogP contribution in [0.1, 0.15) is 24.6 Å². The largest absolute Gasteiger partial charge is 0.434 e. The third-order valence-corrected chi connectivity index (χ3v) is 2.81. The quantitative estimate of drug-likeness (QED) is 0.908. The van der Waals surface area contributed by atoms with Crippen LogP contribution in [0.15, 0.2) is 24.3 Å². The van der Waals surface area contributed by atoms with Gasteiger partial charge in [0.25, 0.3) is 0 Å². The number of nitrogens with one attached hydrogen (secondary N) is 1. The minimum atomic E-state index is -2.85. The van der Waals surface area contributed by atoms with Crippen molar-refractivity contribution in [2.75, 3.05) is 0 Å². The van der Waals surface area contributed by atoms with Gasteiger partial charge in [0.05, 0.1) is 5.56 Å². The summed E-state index contributed by atoms with van der Waals surface area (Å²) >= 11 is 0. The van der Waals surface area contributed by atoms with E-state index < -0.39 is 6.61 Å². The molecule has 0 spiro atoms. The Morgan fingerprint density at radius 2 is 2.06 bits per heavy atom. The van der Waals surface area contributed by atoms with E-state index in [1.54, 1.807) is 18.2 Å². The highest BCUT2D eigenvalue weighted by Gasteiger charge is 2.27. The number of nitrogens with zero attached hydrogens (tertiary/aromatic N) is 2. The van der Waals surface area contributed by atoms with Crippen LogP contribution in [0.5, 0.6) is 5.75 Å². The van der Waals surface area contributed by atoms with Gasteiger partial charge in [0.1, 0.15) is 11.6 Å². The monoisotopic (exact) mass is 251 g/mol. The second kappa shape index (κ2) is 4.36. The Morgan fingerprint density at radius 3 is 2.78 bits per heavy atom. The summed E-state index contributed by atoms with van der Waals surface area (Å²) in [7, 11) is 0. The zero-order chi connectivity index (χ0) is 12.5. The molecule has 1 saturated carbocycles. The molecule has 0 radical (unpaired) electrons. The zero-order valence-corrected chi connectivity index (χ0v) is 9.44. The normalized spacial score (nSPS) is 15.1. The number of alkyl halides is 2. The number of hydrogen-bond donors (Lipinski definition) is 1. The van der Waals surface area contributed by atoms with Gasteiger partial charge in [-0.25, -0.2) is 4.98 Å². The fraction of sp³-hybridized carbons (Fsp3) is 0.333. The first-order valence-electron chi connectivity index (χ1n) is 5.70. The molecule has 3 rings (SSSR count). The zero-order valence-electron chi connectivity index (χ0n) is 9.44. The number of halogens is 2. The van der Waals surface area contributed by atoms with E-state index in [9.17, 15) is 8.78 Å². The molecule has 6 heteroatoms. The average molecular weight is 251 g/mol. The number of aromatic amines is 1. The number of para-hydroxylation sites is 1. The SMILES string of the molecule is FC(F)Oc1ccccc1-c1n[nH]c(C2CC2)n1. The number of H-pyrrole nitrogens is 1. The van der Waals surface area contributed by atoms with Gasteiger partial charge in [0, 0.05) is 5.92 Å². The van der Waals surface area contributed by atoms with Crippen molar-refractivity contribution in [2.45, 2.75) is 25.4 Å². The van der Waals surface area contributed by atoms with Crippen LogP contribution in [0.25, 0.3) is 11.4 Å². The van der Waals surface area contributed by atoms with Gasteiger partial charge in [-0.3, -0.25) is 5.10 Å². The lowest BCUT2D eigenvalue weighted by atomic mass is 10.2. The van der Waals surface area contributed by atoms with E-state index >= 15 is 0 Å². The molecule has 0 amide bonds. The molecular formula is C12H11F2N3O. The molecule has 1 aromatic carbocycles. The van der Waals surface area contributed by atoms with Crippen LogP contribution < -0.4 is 4.74 Å². The van der Waals surface area contributed by atoms with Gasteiger partial charge in [-0.05, 0) is 25.0 Å². The van der Waals surface area contributed by atoms with Crippen LogP contribution >= 0.6 is 0 Å². The molecule has 4 nitrogen and oxygen atoms in total. The molecule has 0 aliphatic heterocycles. The molecule has 2 aromatic rings. The summed E-state index contributed by atoms with van der Waals surface area (Å²) in [5.74, 6) is 1.74. The Balaban J connectivity index is 1.93. The van der Waals surface area contributed by atoms with E-state index in [1.165, 1.54) is 6.07 Å². The van der Waals surface area contributed by atoms with E-state index in [1.807, 2.05) is 0 Å². The van der Waals surface area contributed by atoms with Crippen LogP contribution in [-0.2, 0) is 0 Å². The summed E-state index contributed by atoms with van der Waals surface area (Å²) in [5.41, 5.74) is 0.473. The lowest BCUT2D eigenvalue weighted by molar-refractivity contribution is -0.0494. The Morgan fingerprint density at radius 1 is 1.28 bits per heavy atom. The minimum absolute atomic E-state index is 0.0915. The summed E-state index contributed by atoms with van der Waals surface area (Å²) < 4.78 is 29.0. The summed E-state index contributed by atoms with van der Waals surface area (Å²) in [6.07, 6.45) is 2.20. The van der Waals surface area contributed by atoms with Gasteiger partial charge < -0.3 is 4.74 Å². The molecule has 1 aliphatic rings. The highest BCUT2D eigenvalue weighted by molar-refractivity contribution is 5.63. The second-order valence-corrected chi connectivity index (χ2v) is 4.19. The molecule has 1 aliphatic carbocycles. The maximum absolute atomic E-state index is 12.3. The molecule has 0 unspecified atom stereocenters. The fourth-order valence-electron chi connectivity index (χ4n) is 1.78. The first-order valence-corrected chi connectivity index (χ1v) is 5.70.